The van der Waals surface area contributed by atoms with Crippen molar-refractivity contribution in [3.63, 3.8) is 0 Å². The summed E-state index contributed by atoms with van der Waals surface area (Å²) in [5.74, 6) is -2.36. The van der Waals surface area contributed by atoms with E-state index in [2.05, 4.69) is 20.5 Å². The molecule has 0 saturated carbocycles. The maximum absolute atomic E-state index is 13.7. The first-order valence-electron chi connectivity index (χ1n) is 13.9. The van der Waals surface area contributed by atoms with Crippen molar-refractivity contribution in [2.24, 2.45) is 12.5 Å². The molecule has 2 aromatic carbocycles. The minimum atomic E-state index is -1.44. The van der Waals surface area contributed by atoms with Crippen LogP contribution in [0.5, 0.6) is 0 Å². The number of nitrogens with zero attached hydrogens (tertiary/aromatic N) is 5. The molecule has 0 spiro atoms. The third-order valence-corrected chi connectivity index (χ3v) is 11.0. The van der Waals surface area contributed by atoms with Crippen molar-refractivity contribution < 1.29 is 24.3 Å². The minimum Gasteiger partial charge on any atom is -0.481 e. The Kier molecular flexibility index (Phi) is 8.49. The molecule has 47 heavy (non-hydrogen) atoms. The number of benzene rings is 2. The fourth-order valence-corrected chi connectivity index (χ4v) is 8.45. The van der Waals surface area contributed by atoms with Crippen LogP contribution in [0.15, 0.2) is 68.1 Å². The summed E-state index contributed by atoms with van der Waals surface area (Å²) in [6.45, 7) is -0.753. The molecule has 0 bridgehead atoms. The second-order valence-electron chi connectivity index (χ2n) is 10.9. The van der Waals surface area contributed by atoms with E-state index in [0.717, 1.165) is 20.9 Å². The van der Waals surface area contributed by atoms with Gasteiger partial charge in [0.05, 0.1) is 17.6 Å². The van der Waals surface area contributed by atoms with Gasteiger partial charge in [0, 0.05) is 35.8 Å². The normalized spacial score (nSPS) is 20.4. The van der Waals surface area contributed by atoms with E-state index in [9.17, 15) is 38.7 Å². The van der Waals surface area contributed by atoms with Crippen LogP contribution >= 0.6 is 35.1 Å². The van der Waals surface area contributed by atoms with Crippen LogP contribution in [-0.2, 0) is 21.4 Å². The number of anilines is 1. The van der Waals surface area contributed by atoms with Crippen LogP contribution in [0.25, 0.3) is 11.0 Å². The van der Waals surface area contributed by atoms with Gasteiger partial charge in [-0.25, -0.2) is 19.3 Å². The van der Waals surface area contributed by atoms with Gasteiger partial charge in [-0.05, 0) is 30.3 Å². The van der Waals surface area contributed by atoms with E-state index in [1.165, 1.54) is 34.7 Å². The van der Waals surface area contributed by atoms with Crippen molar-refractivity contribution in [1.82, 2.24) is 34.5 Å². The molecule has 2 fully saturated rings. The number of β-lactam (4-membered cyclic amide) rings is 1. The van der Waals surface area contributed by atoms with Crippen LogP contribution in [0.3, 0.4) is 0 Å². The number of nitrogens with one attached hydrogen (secondary N) is 3. The number of carbonyl (C=O) groups is 4. The molecule has 2 saturated heterocycles. The molecule has 3 atom stereocenters. The average molecular weight is 701 g/mol. The second kappa shape index (κ2) is 12.4. The summed E-state index contributed by atoms with van der Waals surface area (Å²) in [6.07, 6.45) is 0. The zero-order valence-corrected chi connectivity index (χ0v) is 26.7. The van der Waals surface area contributed by atoms with E-state index in [1.54, 1.807) is 42.5 Å². The predicted molar refractivity (Wildman–Crippen MR) is 173 cm³/mol. The number of halogens is 1. The van der Waals surface area contributed by atoms with Gasteiger partial charge in [0.2, 0.25) is 11.8 Å². The summed E-state index contributed by atoms with van der Waals surface area (Å²) < 4.78 is 1.88. The van der Waals surface area contributed by atoms with Crippen LogP contribution in [-0.4, -0.2) is 94.1 Å². The number of hydrogen-bond donors (Lipinski definition) is 4. The van der Waals surface area contributed by atoms with Gasteiger partial charge in [-0.15, -0.1) is 16.9 Å². The first kappa shape index (κ1) is 32.1. The van der Waals surface area contributed by atoms with Gasteiger partial charge >= 0.3 is 28.8 Å². The van der Waals surface area contributed by atoms with Crippen LogP contribution < -0.4 is 27.0 Å². The monoisotopic (exact) mass is 700 g/mol. The number of para-hydroxylation sites is 2. The first-order valence-corrected chi connectivity index (χ1v) is 16.3. The molecule has 2 unspecified atom stereocenters. The molecule has 6 rings (SSSR count). The lowest BCUT2D eigenvalue weighted by Crippen LogP contribution is -2.75. The minimum absolute atomic E-state index is 0.0510. The van der Waals surface area contributed by atoms with Crippen molar-refractivity contribution >= 4 is 75.7 Å². The zero-order valence-electron chi connectivity index (χ0n) is 24.3. The summed E-state index contributed by atoms with van der Waals surface area (Å²) in [5.41, 5.74) is -2.85. The van der Waals surface area contributed by atoms with E-state index in [-0.39, 0.29) is 28.9 Å². The van der Waals surface area contributed by atoms with E-state index < -0.39 is 64.0 Å². The highest BCUT2D eigenvalue weighted by Crippen LogP contribution is 2.46. The van der Waals surface area contributed by atoms with Gasteiger partial charge in [-0.1, -0.05) is 41.6 Å². The molecule has 2 aromatic heterocycles. The third kappa shape index (κ3) is 5.72. The maximum Gasteiger partial charge on any atom is 0.334 e. The molecule has 4 heterocycles. The lowest BCUT2D eigenvalue weighted by Gasteiger charge is -2.56. The molecule has 2 aliphatic heterocycles. The van der Waals surface area contributed by atoms with Gasteiger partial charge < -0.3 is 20.3 Å². The SMILES string of the molecule is Cn1c(SCC2(C(=O)O)CS[C@@H]3C(N(C(=O)CNC(=O)n4c(=O)[nH]c5ccccc54)c4cccc(Cl)c4)C(=O)N3C2)n[nH]c(=O)c1=O. The number of imidazole rings is 1. The first-order chi connectivity index (χ1) is 22.4. The molecule has 19 heteroatoms. The van der Waals surface area contributed by atoms with Gasteiger partial charge in [0.15, 0.2) is 5.16 Å². The largest absolute Gasteiger partial charge is 0.481 e. The fourth-order valence-electron chi connectivity index (χ4n) is 5.44. The van der Waals surface area contributed by atoms with Crippen LogP contribution in [0.1, 0.15) is 0 Å². The number of fused-ring (bicyclic) bond motifs is 2. The van der Waals surface area contributed by atoms with Crippen LogP contribution in [0, 0.1) is 5.41 Å². The number of aromatic nitrogens is 5. The van der Waals surface area contributed by atoms with Crippen molar-refractivity contribution in [2.75, 3.05) is 29.5 Å². The number of carboxylic acid groups (broad SMARTS) is 1. The summed E-state index contributed by atoms with van der Waals surface area (Å²) in [7, 11) is 1.35. The number of rotatable bonds is 8. The Balaban J connectivity index is 1.21. The lowest BCUT2D eigenvalue weighted by molar-refractivity contribution is -0.156. The van der Waals surface area contributed by atoms with Crippen molar-refractivity contribution in [3.8, 4) is 0 Å². The number of H-pyrrole nitrogens is 2. The predicted octanol–water partition coefficient (Wildman–Crippen LogP) is 0.503. The number of hydrogen-bond acceptors (Lipinski definition) is 10. The Labute approximate surface area is 277 Å². The number of aromatic amines is 2. The topological polar surface area (TPSA) is 213 Å². The van der Waals surface area contributed by atoms with Crippen molar-refractivity contribution in [1.29, 1.82) is 0 Å². The van der Waals surface area contributed by atoms with Gasteiger partial charge in [0.1, 0.15) is 16.8 Å². The fraction of sp³-hybridized carbons (Fsp3) is 0.286. The Bertz CT molecular complexity index is 2130. The van der Waals surface area contributed by atoms with Crippen LogP contribution in [0.4, 0.5) is 10.5 Å². The van der Waals surface area contributed by atoms with Crippen LogP contribution in [0.2, 0.25) is 5.02 Å². The molecule has 0 radical (unpaired) electrons. The van der Waals surface area contributed by atoms with Gasteiger partial charge in [-0.3, -0.25) is 33.4 Å². The summed E-state index contributed by atoms with van der Waals surface area (Å²) in [4.78, 5) is 94.2. The number of amides is 3. The average Bonchev–Trinajstić information content (AvgIpc) is 3.39. The third-order valence-electron chi connectivity index (χ3n) is 7.90. The highest BCUT2D eigenvalue weighted by atomic mass is 35.5. The molecular weight excluding hydrogens is 676 g/mol. The standard InChI is InChI=1S/C28H25ClN8O8S2/c1-34-22(41)20(39)32-33-27(34)47-13-28(24(42)43)11-35-21(40)19(23(35)46-12-28)36(15-6-4-5-14(29)9-15)18(38)10-30-25(44)37-17-8-3-2-7-16(17)31-26(37)45/h2-9,19,23H,10-13H2,1H3,(H,30,44)(H,31,45)(H,32,39)(H,42,43)/t19?,23-,28?/m1/s1. The molecule has 244 valence electrons. The Morgan fingerprint density at radius 1 is 1.17 bits per heavy atom. The van der Waals surface area contributed by atoms with Crippen molar-refractivity contribution in [3.05, 3.63) is 84.7 Å². The quantitative estimate of drug-likeness (QED) is 0.113. The number of aliphatic carboxylic acids is 1. The molecule has 4 N–H and O–H groups in total. The molecular formula is C28H25ClN8O8S2. The summed E-state index contributed by atoms with van der Waals surface area (Å²) in [6, 6.07) is 10.9. The molecule has 2 aliphatic rings. The Morgan fingerprint density at radius 2 is 1.94 bits per heavy atom. The summed E-state index contributed by atoms with van der Waals surface area (Å²) in [5, 5.41) is 18.4. The lowest BCUT2D eigenvalue weighted by atomic mass is 9.89. The maximum atomic E-state index is 13.7. The van der Waals surface area contributed by atoms with Gasteiger partial charge in [0.25, 0.3) is 0 Å². The molecule has 3 amide bonds. The van der Waals surface area contributed by atoms with Gasteiger partial charge in [-0.2, -0.15) is 0 Å². The molecule has 0 aliphatic carbocycles. The Hall–Kier alpha value is -4.81. The zero-order chi connectivity index (χ0) is 33.6. The van der Waals surface area contributed by atoms with E-state index >= 15 is 0 Å². The van der Waals surface area contributed by atoms with E-state index in [0.29, 0.717) is 16.1 Å². The second-order valence-corrected chi connectivity index (χ2v) is 13.4. The number of thioether (sulfide) groups is 2. The number of carboxylic acids is 1. The highest BCUT2D eigenvalue weighted by molar-refractivity contribution is 8.00. The number of carbonyl (C=O) groups excluding carboxylic acids is 3. The smallest absolute Gasteiger partial charge is 0.334 e. The highest BCUT2D eigenvalue weighted by Gasteiger charge is 2.59. The summed E-state index contributed by atoms with van der Waals surface area (Å²) >= 11 is 8.36. The Morgan fingerprint density at radius 3 is 2.68 bits per heavy atom. The molecule has 4 aromatic rings. The molecule has 16 nitrogen and oxygen atoms in total. The van der Waals surface area contributed by atoms with Crippen molar-refractivity contribution in [2.45, 2.75) is 16.6 Å². The van der Waals surface area contributed by atoms with E-state index in [1.807, 2.05) is 0 Å². The van der Waals surface area contributed by atoms with E-state index in [4.69, 9.17) is 11.6 Å².